The van der Waals surface area contributed by atoms with Crippen molar-refractivity contribution in [3.63, 3.8) is 0 Å². The number of nitrogens with zero attached hydrogens (tertiary/aromatic N) is 2. The van der Waals surface area contributed by atoms with Crippen LogP contribution in [0.2, 0.25) is 0 Å². The van der Waals surface area contributed by atoms with Crippen LogP contribution in [0.1, 0.15) is 27.5 Å². The molecule has 0 fully saturated rings. The van der Waals surface area contributed by atoms with Gasteiger partial charge in [0.1, 0.15) is 17.2 Å². The van der Waals surface area contributed by atoms with Crippen molar-refractivity contribution in [2.45, 2.75) is 19.9 Å². The lowest BCUT2D eigenvalue weighted by molar-refractivity contribution is 0.0949. The van der Waals surface area contributed by atoms with Crippen LogP contribution in [0, 0.1) is 6.92 Å². The second kappa shape index (κ2) is 8.84. The van der Waals surface area contributed by atoms with Crippen LogP contribution in [0.3, 0.4) is 0 Å². The van der Waals surface area contributed by atoms with Gasteiger partial charge in [-0.25, -0.2) is 9.97 Å². The van der Waals surface area contributed by atoms with Gasteiger partial charge in [-0.05, 0) is 49.2 Å². The summed E-state index contributed by atoms with van der Waals surface area (Å²) in [4.78, 5) is 21.0. The van der Waals surface area contributed by atoms with E-state index in [-0.39, 0.29) is 5.91 Å². The Morgan fingerprint density at radius 2 is 2.00 bits per heavy atom. The summed E-state index contributed by atoms with van der Waals surface area (Å²) in [5, 5.41) is 5.96. The number of aryl methyl sites for hydroxylation is 1. The summed E-state index contributed by atoms with van der Waals surface area (Å²) in [6.45, 7) is 2.80. The van der Waals surface area contributed by atoms with E-state index in [1.165, 1.54) is 0 Å². The summed E-state index contributed by atoms with van der Waals surface area (Å²) < 4.78 is 10.4. The van der Waals surface area contributed by atoms with Crippen LogP contribution >= 0.6 is 0 Å². The zero-order chi connectivity index (χ0) is 19.1. The highest BCUT2D eigenvalue weighted by Gasteiger charge is 2.10. The average molecular weight is 366 g/mol. The highest BCUT2D eigenvalue weighted by molar-refractivity contribution is 5.92. The lowest BCUT2D eigenvalue weighted by Crippen LogP contribution is -2.27. The summed E-state index contributed by atoms with van der Waals surface area (Å²) in [6.07, 6.45) is 2.33. The fourth-order valence-corrected chi connectivity index (χ4v) is 2.55. The third kappa shape index (κ3) is 5.31. The van der Waals surface area contributed by atoms with Crippen molar-refractivity contribution in [2.75, 3.05) is 19.0 Å². The van der Waals surface area contributed by atoms with Crippen molar-refractivity contribution in [3.8, 4) is 5.75 Å². The number of nitrogens with one attached hydrogen (secondary N) is 2. The molecule has 0 bridgehead atoms. The van der Waals surface area contributed by atoms with Crippen molar-refractivity contribution in [2.24, 2.45) is 0 Å². The van der Waals surface area contributed by atoms with Crippen LogP contribution in [0.4, 0.5) is 5.95 Å². The van der Waals surface area contributed by atoms with Gasteiger partial charge in [0.2, 0.25) is 5.95 Å². The summed E-state index contributed by atoms with van der Waals surface area (Å²) >= 11 is 0. The lowest BCUT2D eigenvalue weighted by atomic mass is 10.1. The Morgan fingerprint density at radius 1 is 1.19 bits per heavy atom. The predicted molar refractivity (Wildman–Crippen MR) is 102 cm³/mol. The Bertz CT molecular complexity index is 877. The number of ether oxygens (including phenoxy) is 1. The molecule has 3 aromatic rings. The van der Waals surface area contributed by atoms with Crippen LogP contribution < -0.4 is 15.4 Å². The maximum atomic E-state index is 12.4. The molecule has 1 aromatic carbocycles. The van der Waals surface area contributed by atoms with E-state index in [4.69, 9.17) is 9.15 Å². The molecule has 0 atom stereocenters. The zero-order valence-corrected chi connectivity index (χ0v) is 15.4. The maximum Gasteiger partial charge on any atom is 0.270 e. The molecule has 0 unspecified atom stereocenters. The molecule has 3 rings (SSSR count). The minimum atomic E-state index is -0.227. The standard InChI is InChI=1S/C20H22N4O3/c1-14-12-18(24-20(23-14)22-13-17-4-3-11-27-17)19(25)21-10-9-15-5-7-16(26-2)8-6-15/h3-8,11-12H,9-10,13H2,1-2H3,(H,21,25)(H,22,23,24). The third-order valence-corrected chi connectivity index (χ3v) is 3.95. The van der Waals surface area contributed by atoms with Crippen LogP contribution in [0.15, 0.2) is 53.1 Å². The smallest absolute Gasteiger partial charge is 0.270 e. The van der Waals surface area contributed by atoms with Gasteiger partial charge in [-0.2, -0.15) is 0 Å². The van der Waals surface area contributed by atoms with Gasteiger partial charge in [0.25, 0.3) is 5.91 Å². The fourth-order valence-electron chi connectivity index (χ4n) is 2.55. The number of hydrogen-bond acceptors (Lipinski definition) is 6. The predicted octanol–water partition coefficient (Wildman–Crippen LogP) is 2.97. The van der Waals surface area contributed by atoms with Gasteiger partial charge in [0.15, 0.2) is 0 Å². The Hall–Kier alpha value is -3.35. The molecule has 0 radical (unpaired) electrons. The van der Waals surface area contributed by atoms with E-state index in [1.54, 1.807) is 19.4 Å². The van der Waals surface area contributed by atoms with Crippen LogP contribution in [-0.4, -0.2) is 29.5 Å². The number of methoxy groups -OCH3 is 1. The molecule has 1 amide bonds. The highest BCUT2D eigenvalue weighted by Crippen LogP contribution is 2.11. The maximum absolute atomic E-state index is 12.4. The van der Waals surface area contributed by atoms with Crippen LogP contribution in [0.5, 0.6) is 5.75 Å². The molecule has 0 aliphatic heterocycles. The van der Waals surface area contributed by atoms with E-state index >= 15 is 0 Å². The van der Waals surface area contributed by atoms with Gasteiger partial charge in [-0.1, -0.05) is 12.1 Å². The Labute approximate surface area is 157 Å². The number of carbonyl (C=O) groups excluding carboxylic acids is 1. The van der Waals surface area contributed by atoms with E-state index in [9.17, 15) is 4.79 Å². The summed E-state index contributed by atoms with van der Waals surface area (Å²) in [5.41, 5.74) is 2.17. The largest absolute Gasteiger partial charge is 0.497 e. The molecule has 0 aliphatic carbocycles. The normalized spacial score (nSPS) is 10.4. The monoisotopic (exact) mass is 366 g/mol. The molecule has 2 heterocycles. The van der Waals surface area contributed by atoms with Gasteiger partial charge in [-0.15, -0.1) is 0 Å². The van der Waals surface area contributed by atoms with E-state index in [2.05, 4.69) is 20.6 Å². The molecule has 27 heavy (non-hydrogen) atoms. The molecular weight excluding hydrogens is 344 g/mol. The average Bonchev–Trinajstić information content (AvgIpc) is 3.20. The third-order valence-electron chi connectivity index (χ3n) is 3.95. The van der Waals surface area contributed by atoms with E-state index in [0.717, 1.165) is 23.5 Å². The molecule has 2 N–H and O–H groups in total. The second-order valence-corrected chi connectivity index (χ2v) is 6.01. The fraction of sp³-hybridized carbons (Fsp3) is 0.250. The first kappa shape index (κ1) is 18.4. The van der Waals surface area contributed by atoms with Gasteiger partial charge in [-0.3, -0.25) is 4.79 Å². The van der Waals surface area contributed by atoms with E-state index < -0.39 is 0 Å². The Morgan fingerprint density at radius 3 is 2.70 bits per heavy atom. The number of anilines is 1. The minimum absolute atomic E-state index is 0.227. The number of furan rings is 1. The SMILES string of the molecule is COc1ccc(CCNC(=O)c2cc(C)nc(NCc3ccco3)n2)cc1. The molecule has 0 aliphatic rings. The topological polar surface area (TPSA) is 89.3 Å². The van der Waals surface area contributed by atoms with Crippen molar-refractivity contribution in [3.05, 3.63) is 71.4 Å². The molecule has 140 valence electrons. The quantitative estimate of drug-likeness (QED) is 0.637. The number of amides is 1. The Balaban J connectivity index is 1.55. The lowest BCUT2D eigenvalue weighted by Gasteiger charge is -2.08. The molecular formula is C20H22N4O3. The van der Waals surface area contributed by atoms with E-state index in [1.807, 2.05) is 43.3 Å². The minimum Gasteiger partial charge on any atom is -0.497 e. The van der Waals surface area contributed by atoms with Gasteiger partial charge >= 0.3 is 0 Å². The molecule has 2 aromatic heterocycles. The van der Waals surface area contributed by atoms with Crippen molar-refractivity contribution < 1.29 is 13.9 Å². The molecule has 7 nitrogen and oxygen atoms in total. The molecule has 0 spiro atoms. The number of carbonyl (C=O) groups is 1. The summed E-state index contributed by atoms with van der Waals surface area (Å²) in [6, 6.07) is 13.1. The summed E-state index contributed by atoms with van der Waals surface area (Å²) in [5.74, 6) is 1.75. The summed E-state index contributed by atoms with van der Waals surface area (Å²) in [7, 11) is 1.64. The van der Waals surface area contributed by atoms with E-state index in [0.29, 0.717) is 30.4 Å². The van der Waals surface area contributed by atoms with Crippen molar-refractivity contribution in [1.29, 1.82) is 0 Å². The molecule has 0 saturated heterocycles. The van der Waals surface area contributed by atoms with Gasteiger partial charge < -0.3 is 19.8 Å². The molecule has 0 saturated carbocycles. The Kier molecular flexibility index (Phi) is 6.04. The van der Waals surface area contributed by atoms with Crippen molar-refractivity contribution in [1.82, 2.24) is 15.3 Å². The number of aromatic nitrogens is 2. The second-order valence-electron chi connectivity index (χ2n) is 6.01. The van der Waals surface area contributed by atoms with Gasteiger partial charge in [0, 0.05) is 12.2 Å². The molecule has 7 heteroatoms. The highest BCUT2D eigenvalue weighted by atomic mass is 16.5. The number of rotatable bonds is 8. The first-order valence-corrected chi connectivity index (χ1v) is 8.67. The van der Waals surface area contributed by atoms with Crippen LogP contribution in [0.25, 0.3) is 0 Å². The van der Waals surface area contributed by atoms with Crippen LogP contribution in [-0.2, 0) is 13.0 Å². The first-order chi connectivity index (χ1) is 13.1. The van der Waals surface area contributed by atoms with Crippen molar-refractivity contribution >= 4 is 11.9 Å². The first-order valence-electron chi connectivity index (χ1n) is 8.67. The zero-order valence-electron chi connectivity index (χ0n) is 15.4. The number of hydrogen-bond donors (Lipinski definition) is 2. The number of benzene rings is 1. The van der Waals surface area contributed by atoms with Gasteiger partial charge in [0.05, 0.1) is 19.9 Å².